The van der Waals surface area contributed by atoms with E-state index in [1.807, 2.05) is 13.8 Å². The lowest BCUT2D eigenvalue weighted by molar-refractivity contribution is 0.102. The number of pyridine rings is 2. The topological polar surface area (TPSA) is 84.2 Å². The van der Waals surface area contributed by atoms with Gasteiger partial charge < -0.3 is 15.0 Å². The number of aromatic nitrogens is 2. The van der Waals surface area contributed by atoms with Gasteiger partial charge in [-0.2, -0.15) is 0 Å². The van der Waals surface area contributed by atoms with Gasteiger partial charge in [0.15, 0.2) is 0 Å². The van der Waals surface area contributed by atoms with Gasteiger partial charge in [0.2, 0.25) is 0 Å². The van der Waals surface area contributed by atoms with E-state index in [0.29, 0.717) is 18.7 Å². The Morgan fingerprint density at radius 1 is 1.28 bits per heavy atom. The highest BCUT2D eigenvalue weighted by molar-refractivity contribution is 6.06. The Bertz CT molecular complexity index is 841. The second kappa shape index (κ2) is 7.09. The second-order valence-electron chi connectivity index (χ2n) is 6.86. The second-order valence-corrected chi connectivity index (χ2v) is 6.86. The summed E-state index contributed by atoms with van der Waals surface area (Å²) >= 11 is 0. The minimum absolute atomic E-state index is 0.161. The summed E-state index contributed by atoms with van der Waals surface area (Å²) in [5.74, 6) is -0.477. The standard InChI is InChI=1S/C19H23N3O3/c1-12(2)11-22-15-6-4-3-5-14(15)17(23)16(19(22)25)18(24)21-13-7-9-20-10-8-13/h7-10,12,23H,3-6,11H2,1-2H3,(H,20,21,24). The number of hydrogen-bond acceptors (Lipinski definition) is 4. The van der Waals surface area contributed by atoms with Crippen molar-refractivity contribution in [2.24, 2.45) is 5.92 Å². The van der Waals surface area contributed by atoms with Crippen LogP contribution >= 0.6 is 0 Å². The zero-order valence-electron chi connectivity index (χ0n) is 14.6. The molecule has 132 valence electrons. The van der Waals surface area contributed by atoms with Crippen LogP contribution in [-0.4, -0.2) is 20.6 Å². The van der Waals surface area contributed by atoms with Crippen LogP contribution in [-0.2, 0) is 19.4 Å². The highest BCUT2D eigenvalue weighted by Gasteiger charge is 2.27. The van der Waals surface area contributed by atoms with Crippen molar-refractivity contribution in [1.82, 2.24) is 9.55 Å². The molecule has 0 radical (unpaired) electrons. The van der Waals surface area contributed by atoms with Crippen LogP contribution in [0.2, 0.25) is 0 Å². The van der Waals surface area contributed by atoms with Gasteiger partial charge in [0.25, 0.3) is 11.5 Å². The van der Waals surface area contributed by atoms with Crippen LogP contribution in [0.15, 0.2) is 29.3 Å². The van der Waals surface area contributed by atoms with E-state index in [2.05, 4.69) is 10.3 Å². The number of rotatable bonds is 4. The van der Waals surface area contributed by atoms with Crippen LogP contribution in [0.5, 0.6) is 5.75 Å². The normalized spacial score (nSPS) is 13.6. The first-order valence-electron chi connectivity index (χ1n) is 8.68. The third-order valence-electron chi connectivity index (χ3n) is 4.46. The SMILES string of the molecule is CC(C)Cn1c2c(c(O)c(C(=O)Nc3ccncc3)c1=O)CCCC2. The molecule has 2 N–H and O–H groups in total. The van der Waals surface area contributed by atoms with Gasteiger partial charge in [-0.25, -0.2) is 0 Å². The summed E-state index contributed by atoms with van der Waals surface area (Å²) in [6.07, 6.45) is 6.50. The predicted octanol–water partition coefficient (Wildman–Crippen LogP) is 2.74. The Hall–Kier alpha value is -2.63. The summed E-state index contributed by atoms with van der Waals surface area (Å²) in [5, 5.41) is 13.3. The minimum Gasteiger partial charge on any atom is -0.507 e. The van der Waals surface area contributed by atoms with Crippen LogP contribution in [0.25, 0.3) is 0 Å². The number of nitrogens with zero attached hydrogens (tertiary/aromatic N) is 2. The van der Waals surface area contributed by atoms with Gasteiger partial charge in [0.1, 0.15) is 11.3 Å². The smallest absolute Gasteiger partial charge is 0.267 e. The van der Waals surface area contributed by atoms with Crippen molar-refractivity contribution >= 4 is 11.6 Å². The first-order chi connectivity index (χ1) is 12.0. The summed E-state index contributed by atoms with van der Waals surface area (Å²) in [5.41, 5.74) is 1.57. The van der Waals surface area contributed by atoms with E-state index in [0.717, 1.165) is 30.5 Å². The van der Waals surface area contributed by atoms with Gasteiger partial charge in [-0.05, 0) is 43.7 Å². The number of anilines is 1. The maximum absolute atomic E-state index is 13.0. The lowest BCUT2D eigenvalue weighted by Gasteiger charge is -2.24. The fourth-order valence-electron chi connectivity index (χ4n) is 3.34. The summed E-state index contributed by atoms with van der Waals surface area (Å²) < 4.78 is 1.68. The number of carbonyl (C=O) groups is 1. The monoisotopic (exact) mass is 341 g/mol. The maximum atomic E-state index is 13.0. The number of carbonyl (C=O) groups excluding carboxylic acids is 1. The van der Waals surface area contributed by atoms with Gasteiger partial charge >= 0.3 is 0 Å². The molecule has 2 aromatic heterocycles. The van der Waals surface area contributed by atoms with Crippen molar-refractivity contribution in [3.05, 3.63) is 51.7 Å². The Morgan fingerprint density at radius 2 is 1.96 bits per heavy atom. The summed E-state index contributed by atoms with van der Waals surface area (Å²) in [6, 6.07) is 3.28. The Kier molecular flexibility index (Phi) is 4.88. The Labute approximate surface area is 146 Å². The molecule has 0 saturated carbocycles. The molecular formula is C19H23N3O3. The van der Waals surface area contributed by atoms with E-state index in [9.17, 15) is 14.7 Å². The Balaban J connectivity index is 2.09. The first kappa shape index (κ1) is 17.2. The molecule has 25 heavy (non-hydrogen) atoms. The maximum Gasteiger partial charge on any atom is 0.267 e. The van der Waals surface area contributed by atoms with Crippen molar-refractivity contribution in [2.75, 3.05) is 5.32 Å². The highest BCUT2D eigenvalue weighted by Crippen LogP contribution is 2.30. The zero-order valence-corrected chi connectivity index (χ0v) is 14.6. The van der Waals surface area contributed by atoms with Crippen molar-refractivity contribution in [3.8, 4) is 5.75 Å². The molecule has 2 aromatic rings. The molecule has 3 rings (SSSR count). The predicted molar refractivity (Wildman–Crippen MR) is 96.0 cm³/mol. The van der Waals surface area contributed by atoms with Gasteiger partial charge in [-0.3, -0.25) is 14.6 Å². The fraction of sp³-hybridized carbons (Fsp3) is 0.421. The van der Waals surface area contributed by atoms with Crippen LogP contribution in [0, 0.1) is 5.92 Å². The average Bonchev–Trinajstić information content (AvgIpc) is 2.59. The van der Waals surface area contributed by atoms with Gasteiger partial charge in [0.05, 0.1) is 0 Å². The molecule has 0 atom stereocenters. The largest absolute Gasteiger partial charge is 0.507 e. The molecule has 1 aliphatic carbocycles. The average molecular weight is 341 g/mol. The van der Waals surface area contributed by atoms with Gasteiger partial charge in [0, 0.05) is 35.9 Å². The van der Waals surface area contributed by atoms with Gasteiger partial charge in [-0.15, -0.1) is 0 Å². The number of amides is 1. The molecule has 0 fully saturated rings. The summed E-state index contributed by atoms with van der Waals surface area (Å²) in [6.45, 7) is 4.60. The lowest BCUT2D eigenvalue weighted by Crippen LogP contribution is -2.34. The molecule has 0 aromatic carbocycles. The van der Waals surface area contributed by atoms with Crippen molar-refractivity contribution in [2.45, 2.75) is 46.1 Å². The molecule has 0 spiro atoms. The van der Waals surface area contributed by atoms with E-state index in [-0.39, 0.29) is 17.2 Å². The molecule has 0 unspecified atom stereocenters. The van der Waals surface area contributed by atoms with E-state index in [1.165, 1.54) is 0 Å². The number of hydrogen-bond donors (Lipinski definition) is 2. The van der Waals surface area contributed by atoms with Gasteiger partial charge in [-0.1, -0.05) is 13.8 Å². The molecule has 0 bridgehead atoms. The molecular weight excluding hydrogens is 318 g/mol. The molecule has 1 amide bonds. The first-order valence-corrected chi connectivity index (χ1v) is 8.68. The lowest BCUT2D eigenvalue weighted by atomic mass is 9.92. The summed E-state index contributed by atoms with van der Waals surface area (Å²) in [7, 11) is 0. The van der Waals surface area contributed by atoms with Crippen molar-refractivity contribution in [3.63, 3.8) is 0 Å². The minimum atomic E-state index is -0.584. The van der Waals surface area contributed by atoms with E-state index in [4.69, 9.17) is 0 Å². The third-order valence-corrected chi connectivity index (χ3v) is 4.46. The molecule has 6 heteroatoms. The number of aromatic hydroxyl groups is 1. The van der Waals surface area contributed by atoms with Crippen LogP contribution < -0.4 is 10.9 Å². The van der Waals surface area contributed by atoms with Crippen LogP contribution in [0.1, 0.15) is 48.3 Å². The third kappa shape index (κ3) is 3.43. The van der Waals surface area contributed by atoms with E-state index in [1.54, 1.807) is 29.1 Å². The van der Waals surface area contributed by atoms with Crippen LogP contribution in [0.3, 0.4) is 0 Å². The zero-order chi connectivity index (χ0) is 18.0. The Morgan fingerprint density at radius 3 is 2.64 bits per heavy atom. The number of nitrogens with one attached hydrogen (secondary N) is 1. The molecule has 6 nitrogen and oxygen atoms in total. The number of fused-ring (bicyclic) bond motifs is 1. The molecule has 0 saturated heterocycles. The van der Waals surface area contributed by atoms with E-state index >= 15 is 0 Å². The molecule has 1 aliphatic rings. The van der Waals surface area contributed by atoms with Crippen LogP contribution in [0.4, 0.5) is 5.69 Å². The van der Waals surface area contributed by atoms with E-state index < -0.39 is 11.5 Å². The quantitative estimate of drug-likeness (QED) is 0.895. The van der Waals surface area contributed by atoms with Crippen molar-refractivity contribution < 1.29 is 9.90 Å². The fourth-order valence-corrected chi connectivity index (χ4v) is 3.34. The molecule has 0 aliphatic heterocycles. The highest BCUT2D eigenvalue weighted by atomic mass is 16.3. The summed E-state index contributed by atoms with van der Waals surface area (Å²) in [4.78, 5) is 29.5. The molecule has 2 heterocycles. The van der Waals surface area contributed by atoms with Crippen molar-refractivity contribution in [1.29, 1.82) is 0 Å².